The predicted molar refractivity (Wildman–Crippen MR) is 140 cm³/mol. The number of hydrogen-bond acceptors (Lipinski definition) is 6. The van der Waals surface area contributed by atoms with Gasteiger partial charge in [-0.15, -0.1) is 0 Å². The first-order valence-corrected chi connectivity index (χ1v) is 12.5. The minimum atomic E-state index is -0.212. The van der Waals surface area contributed by atoms with E-state index in [0.717, 1.165) is 9.79 Å². The summed E-state index contributed by atoms with van der Waals surface area (Å²) in [4.78, 5) is 30.1. The largest absolute Gasteiger partial charge is 0.398 e. The molecule has 0 unspecified atom stereocenters. The number of benzene rings is 4. The van der Waals surface area contributed by atoms with Gasteiger partial charge in [0.15, 0.2) is 11.6 Å². The summed E-state index contributed by atoms with van der Waals surface area (Å²) in [5.41, 5.74) is 14.8. The topological polar surface area (TPSA) is 86.2 Å². The molecule has 34 heavy (non-hydrogen) atoms. The fourth-order valence-corrected chi connectivity index (χ4v) is 6.17. The smallest absolute Gasteiger partial charge is 0.196 e. The maximum atomic E-state index is 13.9. The lowest BCUT2D eigenvalue weighted by molar-refractivity contribution is 0.0974. The molecule has 8 heteroatoms. The summed E-state index contributed by atoms with van der Waals surface area (Å²) in [5, 5.41) is 1.06. The third kappa shape index (κ3) is 4.07. The van der Waals surface area contributed by atoms with Crippen LogP contribution < -0.4 is 11.5 Å². The molecule has 0 fully saturated rings. The fourth-order valence-electron chi connectivity index (χ4n) is 3.81. The van der Waals surface area contributed by atoms with Crippen molar-refractivity contribution in [1.29, 1.82) is 0 Å². The van der Waals surface area contributed by atoms with E-state index >= 15 is 0 Å². The number of nitrogen functional groups attached to an aromatic ring is 2. The molecule has 0 aliphatic heterocycles. The molecule has 5 rings (SSSR count). The lowest BCUT2D eigenvalue weighted by atomic mass is 9.84. The van der Waals surface area contributed by atoms with E-state index in [-0.39, 0.29) is 11.6 Å². The zero-order valence-electron chi connectivity index (χ0n) is 17.5. The molecule has 0 bridgehead atoms. The van der Waals surface area contributed by atoms with Gasteiger partial charge in [0.25, 0.3) is 0 Å². The van der Waals surface area contributed by atoms with Gasteiger partial charge in [-0.25, -0.2) is 0 Å². The highest BCUT2D eigenvalue weighted by atomic mass is 35.5. The number of carbonyl (C=O) groups is 2. The Bertz CT molecular complexity index is 1400. The summed E-state index contributed by atoms with van der Waals surface area (Å²) >= 11 is 14.7. The Balaban J connectivity index is 1.61. The maximum Gasteiger partial charge on any atom is 0.196 e. The summed E-state index contributed by atoms with van der Waals surface area (Å²) in [6.07, 6.45) is 0. The molecule has 0 amide bonds. The van der Waals surface area contributed by atoms with Crippen molar-refractivity contribution >= 4 is 69.7 Å². The van der Waals surface area contributed by atoms with Crippen LogP contribution in [0.2, 0.25) is 10.0 Å². The van der Waals surface area contributed by atoms with Crippen molar-refractivity contribution in [3.05, 3.63) is 105 Å². The quantitative estimate of drug-likeness (QED) is 0.242. The first-order valence-electron chi connectivity index (χ1n) is 10.1. The van der Waals surface area contributed by atoms with Gasteiger partial charge in [0.2, 0.25) is 0 Å². The van der Waals surface area contributed by atoms with E-state index in [1.165, 1.54) is 23.5 Å². The number of anilines is 2. The van der Waals surface area contributed by atoms with Gasteiger partial charge < -0.3 is 11.5 Å². The van der Waals surface area contributed by atoms with E-state index in [1.54, 1.807) is 60.7 Å². The molecule has 0 saturated heterocycles. The SMILES string of the molecule is Nc1cc(Cl)ccc1Sc1cccc2c1C(=O)c1c(Sc3ccc(Cl)cc3N)cccc1C2=O. The molecule has 1 aliphatic carbocycles. The lowest BCUT2D eigenvalue weighted by Gasteiger charge is -2.22. The summed E-state index contributed by atoms with van der Waals surface area (Å²) in [6, 6.07) is 21.0. The Morgan fingerprint density at radius 2 is 1.00 bits per heavy atom. The van der Waals surface area contributed by atoms with Crippen LogP contribution in [-0.4, -0.2) is 11.6 Å². The molecule has 0 atom stereocenters. The Labute approximate surface area is 214 Å². The summed E-state index contributed by atoms with van der Waals surface area (Å²) < 4.78 is 0. The molecule has 4 aromatic carbocycles. The third-order valence-electron chi connectivity index (χ3n) is 5.38. The second-order valence-corrected chi connectivity index (χ2v) is 10.6. The average molecular weight is 523 g/mol. The van der Waals surface area contributed by atoms with Crippen LogP contribution in [0.3, 0.4) is 0 Å². The standard InChI is InChI=1S/C26H16Cl2N2O2S2/c27-13-7-9-19(17(29)11-13)33-21-5-1-3-15-23(21)26(32)24-16(25(15)31)4-2-6-22(24)34-20-10-8-14(28)12-18(20)30/h1-12H,29-30H2. The van der Waals surface area contributed by atoms with Crippen molar-refractivity contribution in [3.8, 4) is 0 Å². The van der Waals surface area contributed by atoms with Crippen molar-refractivity contribution in [2.75, 3.05) is 11.5 Å². The Morgan fingerprint density at radius 1 is 0.559 bits per heavy atom. The van der Waals surface area contributed by atoms with E-state index < -0.39 is 0 Å². The predicted octanol–water partition coefficient (Wildman–Crippen LogP) is 7.24. The highest BCUT2D eigenvalue weighted by Crippen LogP contribution is 2.43. The Hall–Kier alpha value is -2.90. The van der Waals surface area contributed by atoms with E-state index in [0.29, 0.717) is 53.5 Å². The normalized spacial score (nSPS) is 12.4. The summed E-state index contributed by atoms with van der Waals surface area (Å²) in [6.45, 7) is 0. The van der Waals surface area contributed by atoms with Crippen molar-refractivity contribution in [2.24, 2.45) is 0 Å². The van der Waals surface area contributed by atoms with Crippen LogP contribution in [0, 0.1) is 0 Å². The molecular formula is C26H16Cl2N2O2S2. The van der Waals surface area contributed by atoms with Crippen LogP contribution in [-0.2, 0) is 0 Å². The number of nitrogens with two attached hydrogens (primary N) is 2. The summed E-state index contributed by atoms with van der Waals surface area (Å²) in [5.74, 6) is -0.404. The highest BCUT2D eigenvalue weighted by Gasteiger charge is 2.34. The number of hydrogen-bond donors (Lipinski definition) is 2. The molecule has 4 aromatic rings. The van der Waals surface area contributed by atoms with Crippen LogP contribution in [0.15, 0.2) is 92.4 Å². The van der Waals surface area contributed by atoms with Gasteiger partial charge in [-0.1, -0.05) is 71.0 Å². The van der Waals surface area contributed by atoms with Crippen LogP contribution >= 0.6 is 46.7 Å². The highest BCUT2D eigenvalue weighted by molar-refractivity contribution is 8.00. The second kappa shape index (κ2) is 9.04. The van der Waals surface area contributed by atoms with Crippen LogP contribution in [0.1, 0.15) is 31.8 Å². The number of fused-ring (bicyclic) bond motifs is 2. The first kappa shape index (κ1) is 22.9. The fraction of sp³-hybridized carbons (Fsp3) is 0. The van der Waals surface area contributed by atoms with E-state index in [9.17, 15) is 9.59 Å². The number of halogens is 2. The van der Waals surface area contributed by atoms with Gasteiger partial charge in [0.1, 0.15) is 0 Å². The molecule has 0 heterocycles. The van der Waals surface area contributed by atoms with Gasteiger partial charge in [-0.2, -0.15) is 0 Å². The molecule has 0 spiro atoms. The van der Waals surface area contributed by atoms with Crippen molar-refractivity contribution in [3.63, 3.8) is 0 Å². The molecule has 0 aromatic heterocycles. The average Bonchev–Trinajstić information content (AvgIpc) is 2.81. The van der Waals surface area contributed by atoms with Gasteiger partial charge in [0.05, 0.1) is 0 Å². The zero-order chi connectivity index (χ0) is 24.0. The minimum Gasteiger partial charge on any atom is -0.398 e. The van der Waals surface area contributed by atoms with Crippen LogP contribution in [0.5, 0.6) is 0 Å². The molecule has 4 nitrogen and oxygen atoms in total. The van der Waals surface area contributed by atoms with Crippen LogP contribution in [0.4, 0.5) is 11.4 Å². The first-order chi connectivity index (χ1) is 16.3. The van der Waals surface area contributed by atoms with Crippen molar-refractivity contribution < 1.29 is 9.59 Å². The molecule has 168 valence electrons. The molecule has 0 radical (unpaired) electrons. The number of rotatable bonds is 4. The molecular weight excluding hydrogens is 507 g/mol. The van der Waals surface area contributed by atoms with Gasteiger partial charge in [-0.3, -0.25) is 9.59 Å². The Kier molecular flexibility index (Phi) is 6.08. The second-order valence-electron chi connectivity index (χ2n) is 7.58. The van der Waals surface area contributed by atoms with Crippen molar-refractivity contribution in [2.45, 2.75) is 19.6 Å². The van der Waals surface area contributed by atoms with Crippen LogP contribution in [0.25, 0.3) is 0 Å². The van der Waals surface area contributed by atoms with E-state index in [2.05, 4.69) is 0 Å². The molecule has 0 saturated carbocycles. The van der Waals surface area contributed by atoms with Gasteiger partial charge in [-0.05, 0) is 48.5 Å². The third-order valence-corrected chi connectivity index (χ3v) is 8.15. The molecule has 4 N–H and O–H groups in total. The van der Waals surface area contributed by atoms with Gasteiger partial charge in [0, 0.05) is 63.3 Å². The van der Waals surface area contributed by atoms with Crippen molar-refractivity contribution in [1.82, 2.24) is 0 Å². The summed E-state index contributed by atoms with van der Waals surface area (Å²) in [7, 11) is 0. The number of ketones is 2. The Morgan fingerprint density at radius 3 is 1.41 bits per heavy atom. The zero-order valence-corrected chi connectivity index (χ0v) is 20.6. The van der Waals surface area contributed by atoms with E-state index in [1.807, 2.05) is 12.1 Å². The lowest BCUT2D eigenvalue weighted by Crippen LogP contribution is -2.22. The molecule has 1 aliphatic rings. The maximum absolute atomic E-state index is 13.9. The monoisotopic (exact) mass is 522 g/mol. The minimum absolute atomic E-state index is 0.192. The van der Waals surface area contributed by atoms with Gasteiger partial charge >= 0.3 is 0 Å². The van der Waals surface area contributed by atoms with E-state index in [4.69, 9.17) is 34.7 Å². The number of carbonyl (C=O) groups excluding carboxylic acids is 2.